The zero-order valence-corrected chi connectivity index (χ0v) is 16.3. The molecule has 0 spiro atoms. The number of carbonyl (C=O) groups excluding carboxylic acids is 1. The van der Waals surface area contributed by atoms with Crippen molar-refractivity contribution in [3.05, 3.63) is 94.5 Å². The molecule has 1 aliphatic rings. The summed E-state index contributed by atoms with van der Waals surface area (Å²) in [7, 11) is 0. The van der Waals surface area contributed by atoms with Crippen molar-refractivity contribution in [3.8, 4) is 0 Å². The van der Waals surface area contributed by atoms with Crippen molar-refractivity contribution in [2.24, 2.45) is 0 Å². The number of hydrogen-bond acceptors (Lipinski definition) is 3. The lowest BCUT2D eigenvalue weighted by atomic mass is 10.1. The van der Waals surface area contributed by atoms with Crippen LogP contribution < -0.4 is 0 Å². The summed E-state index contributed by atoms with van der Waals surface area (Å²) in [6.45, 7) is 0.777. The topological polar surface area (TPSA) is 46.1 Å². The van der Waals surface area contributed by atoms with Crippen molar-refractivity contribution in [1.82, 2.24) is 14.9 Å². The second-order valence-electron chi connectivity index (χ2n) is 7.10. The first kappa shape index (κ1) is 18.6. The standard InChI is InChI=1S/C23H22ClN3O/c24-18-11-9-17(10-12-18)15-20-6-3-7-21(26-20)22-8-4-14-27(22)23(28)16-19-5-1-2-13-25-19/h1-3,5-7,9-13,22H,4,8,14-16H2/t22-/m0/s1. The highest BCUT2D eigenvalue weighted by molar-refractivity contribution is 6.30. The summed E-state index contributed by atoms with van der Waals surface area (Å²) in [5, 5.41) is 0.735. The molecule has 0 unspecified atom stereocenters. The van der Waals surface area contributed by atoms with Crippen LogP contribution in [0.2, 0.25) is 5.02 Å². The van der Waals surface area contributed by atoms with Gasteiger partial charge in [-0.05, 0) is 54.8 Å². The maximum atomic E-state index is 12.9. The van der Waals surface area contributed by atoms with E-state index in [0.29, 0.717) is 6.42 Å². The van der Waals surface area contributed by atoms with Gasteiger partial charge < -0.3 is 4.90 Å². The van der Waals surface area contributed by atoms with Crippen LogP contribution in [0.3, 0.4) is 0 Å². The Bertz CT molecular complexity index is 944. The molecule has 2 aromatic heterocycles. The lowest BCUT2D eigenvalue weighted by molar-refractivity contribution is -0.131. The molecule has 4 rings (SSSR count). The van der Waals surface area contributed by atoms with Gasteiger partial charge in [0.2, 0.25) is 5.91 Å². The Balaban J connectivity index is 1.49. The van der Waals surface area contributed by atoms with Crippen molar-refractivity contribution in [1.29, 1.82) is 0 Å². The number of amides is 1. The van der Waals surface area contributed by atoms with Gasteiger partial charge in [-0.3, -0.25) is 14.8 Å². The molecule has 0 N–H and O–H groups in total. The third-order valence-corrected chi connectivity index (χ3v) is 5.35. The van der Waals surface area contributed by atoms with Gasteiger partial charge in [0.25, 0.3) is 0 Å². The Morgan fingerprint density at radius 1 is 1.04 bits per heavy atom. The van der Waals surface area contributed by atoms with E-state index < -0.39 is 0 Å². The minimum atomic E-state index is 0.0429. The molecule has 0 aliphatic carbocycles. The lowest BCUT2D eigenvalue weighted by Crippen LogP contribution is -2.32. The lowest BCUT2D eigenvalue weighted by Gasteiger charge is -2.24. The normalized spacial score (nSPS) is 16.3. The Hall–Kier alpha value is -2.72. The number of hydrogen-bond donors (Lipinski definition) is 0. The Morgan fingerprint density at radius 3 is 2.64 bits per heavy atom. The monoisotopic (exact) mass is 391 g/mol. The molecule has 0 radical (unpaired) electrons. The summed E-state index contributed by atoms with van der Waals surface area (Å²) in [5.74, 6) is 0.117. The Kier molecular flexibility index (Phi) is 5.68. The summed E-state index contributed by atoms with van der Waals surface area (Å²) >= 11 is 5.97. The Morgan fingerprint density at radius 2 is 1.86 bits per heavy atom. The third kappa shape index (κ3) is 4.39. The van der Waals surface area contributed by atoms with E-state index in [9.17, 15) is 4.79 Å². The van der Waals surface area contributed by atoms with Crippen LogP contribution in [0.25, 0.3) is 0 Å². The number of nitrogens with zero attached hydrogens (tertiary/aromatic N) is 3. The van der Waals surface area contributed by atoms with Crippen LogP contribution in [-0.4, -0.2) is 27.3 Å². The van der Waals surface area contributed by atoms with Gasteiger partial charge in [-0.15, -0.1) is 0 Å². The zero-order valence-electron chi connectivity index (χ0n) is 15.6. The van der Waals surface area contributed by atoms with E-state index in [-0.39, 0.29) is 11.9 Å². The van der Waals surface area contributed by atoms with Crippen LogP contribution in [0, 0.1) is 0 Å². The van der Waals surface area contributed by atoms with E-state index in [1.807, 2.05) is 65.6 Å². The van der Waals surface area contributed by atoms with Crippen molar-refractivity contribution in [3.63, 3.8) is 0 Å². The Labute approximate surface area is 170 Å². The fourth-order valence-electron chi connectivity index (χ4n) is 3.73. The van der Waals surface area contributed by atoms with Gasteiger partial charge >= 0.3 is 0 Å². The molecule has 1 fully saturated rings. The smallest absolute Gasteiger partial charge is 0.229 e. The average molecular weight is 392 g/mol. The van der Waals surface area contributed by atoms with E-state index in [2.05, 4.69) is 4.98 Å². The molecule has 0 bridgehead atoms. The number of pyridine rings is 2. The van der Waals surface area contributed by atoms with Gasteiger partial charge in [0.15, 0.2) is 0 Å². The van der Waals surface area contributed by atoms with Crippen molar-refractivity contribution in [2.45, 2.75) is 31.7 Å². The molecule has 1 aliphatic heterocycles. The molecule has 0 saturated carbocycles. The molecule has 1 atom stereocenters. The predicted molar refractivity (Wildman–Crippen MR) is 110 cm³/mol. The van der Waals surface area contributed by atoms with E-state index in [1.165, 1.54) is 5.56 Å². The van der Waals surface area contributed by atoms with Crippen LogP contribution in [0.5, 0.6) is 0 Å². The quantitative estimate of drug-likeness (QED) is 0.637. The van der Waals surface area contributed by atoms with E-state index in [1.54, 1.807) is 6.20 Å². The molecule has 3 aromatic rings. The second kappa shape index (κ2) is 8.53. The van der Waals surface area contributed by atoms with Crippen LogP contribution >= 0.6 is 11.6 Å². The molecule has 1 saturated heterocycles. The number of rotatable bonds is 5. The van der Waals surface area contributed by atoms with Gasteiger partial charge in [0.05, 0.1) is 18.2 Å². The highest BCUT2D eigenvalue weighted by Crippen LogP contribution is 2.31. The summed E-state index contributed by atoms with van der Waals surface area (Å²) in [5.41, 5.74) is 3.95. The fourth-order valence-corrected chi connectivity index (χ4v) is 3.85. The molecule has 142 valence electrons. The van der Waals surface area contributed by atoms with E-state index >= 15 is 0 Å². The van der Waals surface area contributed by atoms with Crippen LogP contribution in [0.15, 0.2) is 66.9 Å². The molecule has 3 heterocycles. The number of aromatic nitrogens is 2. The molecule has 28 heavy (non-hydrogen) atoms. The summed E-state index contributed by atoms with van der Waals surface area (Å²) in [4.78, 5) is 24.0. The van der Waals surface area contributed by atoms with E-state index in [4.69, 9.17) is 16.6 Å². The van der Waals surface area contributed by atoms with E-state index in [0.717, 1.165) is 47.9 Å². The number of benzene rings is 1. The second-order valence-corrected chi connectivity index (χ2v) is 7.54. The van der Waals surface area contributed by atoms with Gasteiger partial charge in [-0.2, -0.15) is 0 Å². The minimum Gasteiger partial charge on any atom is -0.334 e. The molecule has 1 amide bonds. The van der Waals surface area contributed by atoms with Crippen molar-refractivity contribution >= 4 is 17.5 Å². The number of halogens is 1. The first-order valence-corrected chi connectivity index (χ1v) is 9.96. The largest absolute Gasteiger partial charge is 0.334 e. The zero-order chi connectivity index (χ0) is 19.3. The summed E-state index contributed by atoms with van der Waals surface area (Å²) < 4.78 is 0. The maximum Gasteiger partial charge on any atom is 0.229 e. The summed E-state index contributed by atoms with van der Waals surface area (Å²) in [6, 6.07) is 19.7. The summed E-state index contributed by atoms with van der Waals surface area (Å²) in [6.07, 6.45) is 4.76. The highest BCUT2D eigenvalue weighted by Gasteiger charge is 2.31. The predicted octanol–water partition coefficient (Wildman–Crippen LogP) is 4.63. The molecule has 5 heteroatoms. The third-order valence-electron chi connectivity index (χ3n) is 5.10. The fraction of sp³-hybridized carbons (Fsp3) is 0.261. The van der Waals surface area contributed by atoms with Crippen molar-refractivity contribution < 1.29 is 4.79 Å². The van der Waals surface area contributed by atoms with Gasteiger partial charge in [-0.1, -0.05) is 35.9 Å². The highest BCUT2D eigenvalue weighted by atomic mass is 35.5. The van der Waals surface area contributed by atoms with Crippen LogP contribution in [0.4, 0.5) is 0 Å². The first-order valence-electron chi connectivity index (χ1n) is 9.59. The molecular formula is C23H22ClN3O. The minimum absolute atomic E-state index is 0.0429. The number of likely N-dealkylation sites (tertiary alicyclic amines) is 1. The maximum absolute atomic E-state index is 12.9. The average Bonchev–Trinajstić information content (AvgIpc) is 3.21. The first-order chi connectivity index (χ1) is 13.7. The van der Waals surface area contributed by atoms with Crippen LogP contribution in [0.1, 0.15) is 41.5 Å². The SMILES string of the molecule is O=C(Cc1ccccn1)N1CCC[C@H]1c1cccc(Cc2ccc(Cl)cc2)n1. The number of carbonyl (C=O) groups is 1. The van der Waals surface area contributed by atoms with Gasteiger partial charge in [0.1, 0.15) is 0 Å². The molecule has 1 aromatic carbocycles. The van der Waals surface area contributed by atoms with Crippen molar-refractivity contribution in [2.75, 3.05) is 6.54 Å². The molecular weight excluding hydrogens is 370 g/mol. The van der Waals surface area contributed by atoms with Gasteiger partial charge in [0, 0.05) is 35.6 Å². The molecule has 4 nitrogen and oxygen atoms in total. The van der Waals surface area contributed by atoms with Crippen LogP contribution in [-0.2, 0) is 17.6 Å². The van der Waals surface area contributed by atoms with Gasteiger partial charge in [-0.25, -0.2) is 0 Å².